The van der Waals surface area contributed by atoms with Crippen LogP contribution in [0.4, 0.5) is 0 Å². The van der Waals surface area contributed by atoms with Crippen molar-refractivity contribution in [2.45, 2.75) is 31.8 Å². The normalized spacial score (nSPS) is 28.4. The maximum Gasteiger partial charge on any atom is 0.306 e. The zero-order valence-corrected chi connectivity index (χ0v) is 11.5. The molecule has 19 heavy (non-hydrogen) atoms. The molecule has 2 rings (SSSR count). The van der Waals surface area contributed by atoms with Crippen molar-refractivity contribution in [1.29, 1.82) is 0 Å². The van der Waals surface area contributed by atoms with Crippen LogP contribution < -0.4 is 0 Å². The molecule has 0 bridgehead atoms. The lowest BCUT2D eigenvalue weighted by molar-refractivity contribution is -0.142. The van der Waals surface area contributed by atoms with E-state index >= 15 is 0 Å². The van der Waals surface area contributed by atoms with Gasteiger partial charge in [0.1, 0.15) is 0 Å². The van der Waals surface area contributed by atoms with Crippen LogP contribution in [0.3, 0.4) is 0 Å². The average molecular weight is 292 g/mol. The molecule has 0 aromatic heterocycles. The van der Waals surface area contributed by atoms with E-state index in [2.05, 4.69) is 0 Å². The summed E-state index contributed by atoms with van der Waals surface area (Å²) in [6, 6.07) is 0. The molecule has 2 heterocycles. The second kappa shape index (κ2) is 5.74. The summed E-state index contributed by atoms with van der Waals surface area (Å²) in [6.07, 6.45) is 1.40. The van der Waals surface area contributed by atoms with Crippen molar-refractivity contribution in [2.75, 3.05) is 26.2 Å². The topological polar surface area (TPSA) is 98.2 Å². The number of nitrogens with zero attached hydrogens (tertiary/aromatic N) is 2. The van der Waals surface area contributed by atoms with E-state index in [1.165, 1.54) is 8.61 Å². The van der Waals surface area contributed by atoms with E-state index in [1.807, 2.05) is 0 Å². The highest BCUT2D eigenvalue weighted by Gasteiger charge is 2.36. The van der Waals surface area contributed by atoms with Gasteiger partial charge in [-0.25, -0.2) is 0 Å². The molecule has 0 aromatic carbocycles. The van der Waals surface area contributed by atoms with Crippen molar-refractivity contribution < 1.29 is 23.4 Å². The maximum absolute atomic E-state index is 12.4. The Morgan fingerprint density at radius 2 is 1.68 bits per heavy atom. The highest BCUT2D eigenvalue weighted by molar-refractivity contribution is 7.86. The van der Waals surface area contributed by atoms with E-state index in [-0.39, 0.29) is 19.6 Å². The summed E-state index contributed by atoms with van der Waals surface area (Å²) in [5.74, 6) is -1.30. The van der Waals surface area contributed by atoms with E-state index in [9.17, 15) is 18.3 Å². The van der Waals surface area contributed by atoms with Gasteiger partial charge in [-0.3, -0.25) is 4.79 Å². The van der Waals surface area contributed by atoms with Gasteiger partial charge in [0.25, 0.3) is 10.2 Å². The first-order chi connectivity index (χ1) is 8.91. The lowest BCUT2D eigenvalue weighted by Crippen LogP contribution is -2.51. The molecule has 2 fully saturated rings. The Kier molecular flexibility index (Phi) is 4.44. The molecule has 110 valence electrons. The Labute approximate surface area is 113 Å². The van der Waals surface area contributed by atoms with Crippen molar-refractivity contribution in [3.63, 3.8) is 0 Å². The molecule has 2 aliphatic heterocycles. The molecule has 0 saturated carbocycles. The molecule has 8 heteroatoms. The van der Waals surface area contributed by atoms with Gasteiger partial charge in [-0.2, -0.15) is 17.0 Å². The molecule has 0 aliphatic carbocycles. The van der Waals surface area contributed by atoms with E-state index in [4.69, 9.17) is 5.11 Å². The zero-order chi connectivity index (χ0) is 14.0. The fourth-order valence-corrected chi connectivity index (χ4v) is 4.35. The molecular formula is C11H20N2O5S. The first kappa shape index (κ1) is 14.7. The molecule has 0 spiro atoms. The lowest BCUT2D eigenvalue weighted by Gasteiger charge is -2.36. The molecular weight excluding hydrogens is 272 g/mol. The Morgan fingerprint density at radius 1 is 1.05 bits per heavy atom. The number of carboxylic acid groups (broad SMARTS) is 1. The summed E-state index contributed by atoms with van der Waals surface area (Å²) in [5.41, 5.74) is 0. The molecule has 2 aliphatic rings. The molecule has 0 radical (unpaired) electrons. The third kappa shape index (κ3) is 3.25. The zero-order valence-electron chi connectivity index (χ0n) is 10.7. The van der Waals surface area contributed by atoms with Crippen LogP contribution in [-0.2, 0) is 15.0 Å². The maximum atomic E-state index is 12.4. The smallest absolute Gasteiger partial charge is 0.306 e. The number of hydrogen-bond donors (Lipinski definition) is 2. The number of carbonyl (C=O) groups is 1. The lowest BCUT2D eigenvalue weighted by atomic mass is 9.99. The van der Waals surface area contributed by atoms with E-state index in [1.54, 1.807) is 0 Å². The molecule has 2 saturated heterocycles. The predicted octanol–water partition coefficient (Wildman–Crippen LogP) is -0.515. The minimum atomic E-state index is -3.55. The van der Waals surface area contributed by atoms with Crippen molar-refractivity contribution in [3.8, 4) is 0 Å². The second-order valence-corrected chi connectivity index (χ2v) is 7.10. The standard InChI is InChI=1S/C11H20N2O5S/c14-10-2-1-5-13(8-10)19(17,18)12-6-3-9(4-7-12)11(15)16/h9-10,14H,1-8H2,(H,15,16). The molecule has 2 N–H and O–H groups in total. The van der Waals surface area contributed by atoms with Crippen LogP contribution in [0.1, 0.15) is 25.7 Å². The molecule has 0 amide bonds. The summed E-state index contributed by atoms with van der Waals surface area (Å²) in [4.78, 5) is 10.8. The highest BCUT2D eigenvalue weighted by Crippen LogP contribution is 2.23. The first-order valence-corrected chi connectivity index (χ1v) is 7.97. The van der Waals surface area contributed by atoms with Gasteiger partial charge < -0.3 is 10.2 Å². The molecule has 7 nitrogen and oxygen atoms in total. The number of aliphatic hydroxyl groups excluding tert-OH is 1. The quantitative estimate of drug-likeness (QED) is 0.729. The summed E-state index contributed by atoms with van der Waals surface area (Å²) in [7, 11) is -3.55. The van der Waals surface area contributed by atoms with Crippen LogP contribution in [0.25, 0.3) is 0 Å². The highest BCUT2D eigenvalue weighted by atomic mass is 32.2. The number of rotatable bonds is 3. The number of piperidine rings is 2. The number of aliphatic hydroxyl groups is 1. The molecule has 1 unspecified atom stereocenters. The fraction of sp³-hybridized carbons (Fsp3) is 0.909. The van der Waals surface area contributed by atoms with Crippen LogP contribution in [-0.4, -0.2) is 65.5 Å². The Morgan fingerprint density at radius 3 is 2.21 bits per heavy atom. The minimum absolute atomic E-state index is 0.140. The van der Waals surface area contributed by atoms with Gasteiger partial charge >= 0.3 is 5.97 Å². The second-order valence-electron chi connectivity index (χ2n) is 5.17. The summed E-state index contributed by atoms with van der Waals surface area (Å²) in [5, 5.41) is 18.5. The third-order valence-corrected chi connectivity index (χ3v) is 5.82. The summed E-state index contributed by atoms with van der Waals surface area (Å²) >= 11 is 0. The molecule has 1 atom stereocenters. The SMILES string of the molecule is O=C(O)C1CCN(S(=O)(=O)N2CCCC(O)C2)CC1. The number of β-amino-alcohol motifs (C(OH)–C–C–N with tert-alkyl or cyclic N) is 1. The first-order valence-electron chi connectivity index (χ1n) is 6.57. The van der Waals surface area contributed by atoms with Crippen molar-refractivity contribution >= 4 is 16.2 Å². The minimum Gasteiger partial charge on any atom is -0.481 e. The summed E-state index contributed by atoms with van der Waals surface area (Å²) < 4.78 is 27.4. The van der Waals surface area contributed by atoms with Crippen LogP contribution in [0.15, 0.2) is 0 Å². The summed E-state index contributed by atoms with van der Waals surface area (Å²) in [6.45, 7) is 1.05. The predicted molar refractivity (Wildman–Crippen MR) is 67.7 cm³/mol. The van der Waals surface area contributed by atoms with Gasteiger partial charge in [-0.15, -0.1) is 0 Å². The van der Waals surface area contributed by atoms with Crippen LogP contribution in [0.2, 0.25) is 0 Å². The Hall–Kier alpha value is -0.700. The van der Waals surface area contributed by atoms with Gasteiger partial charge in [-0.05, 0) is 25.7 Å². The average Bonchev–Trinajstić information content (AvgIpc) is 2.39. The van der Waals surface area contributed by atoms with Crippen molar-refractivity contribution in [2.24, 2.45) is 5.92 Å². The van der Waals surface area contributed by atoms with Gasteiger partial charge in [0.15, 0.2) is 0 Å². The number of aliphatic carboxylic acids is 1. The van der Waals surface area contributed by atoms with E-state index in [0.717, 1.165) is 0 Å². The van der Waals surface area contributed by atoms with Crippen molar-refractivity contribution in [1.82, 2.24) is 8.61 Å². The Bertz CT molecular complexity index is 430. The largest absolute Gasteiger partial charge is 0.481 e. The Balaban J connectivity index is 1.99. The van der Waals surface area contributed by atoms with E-state index < -0.39 is 28.2 Å². The third-order valence-electron chi connectivity index (χ3n) is 3.81. The monoisotopic (exact) mass is 292 g/mol. The fourth-order valence-electron chi connectivity index (χ4n) is 2.63. The number of hydrogen-bond acceptors (Lipinski definition) is 4. The molecule has 0 aromatic rings. The number of carboxylic acids is 1. The van der Waals surface area contributed by atoms with Gasteiger partial charge in [0.05, 0.1) is 12.0 Å². The van der Waals surface area contributed by atoms with Crippen LogP contribution >= 0.6 is 0 Å². The van der Waals surface area contributed by atoms with E-state index in [0.29, 0.717) is 32.2 Å². The van der Waals surface area contributed by atoms with Crippen LogP contribution in [0, 0.1) is 5.92 Å². The van der Waals surface area contributed by atoms with Gasteiger partial charge in [0.2, 0.25) is 0 Å². The van der Waals surface area contributed by atoms with Crippen molar-refractivity contribution in [3.05, 3.63) is 0 Å². The van der Waals surface area contributed by atoms with Gasteiger partial charge in [0, 0.05) is 26.2 Å². The van der Waals surface area contributed by atoms with Gasteiger partial charge in [-0.1, -0.05) is 0 Å². The van der Waals surface area contributed by atoms with Crippen LogP contribution in [0.5, 0.6) is 0 Å².